The number of pyridine rings is 1. The van der Waals surface area contributed by atoms with E-state index in [1.807, 2.05) is 12.3 Å². The van der Waals surface area contributed by atoms with Gasteiger partial charge in [-0.2, -0.15) is 0 Å². The van der Waals surface area contributed by atoms with Crippen molar-refractivity contribution in [2.75, 3.05) is 12.3 Å². The molecule has 0 bridgehead atoms. The molecule has 3 heterocycles. The van der Waals surface area contributed by atoms with E-state index < -0.39 is 0 Å². The molecule has 2 aromatic rings. The quantitative estimate of drug-likeness (QED) is 0.754. The van der Waals surface area contributed by atoms with Crippen molar-refractivity contribution >= 4 is 17.6 Å². The highest BCUT2D eigenvalue weighted by Gasteiger charge is 2.26. The molecule has 3 N–H and O–H groups in total. The van der Waals surface area contributed by atoms with E-state index in [0.29, 0.717) is 11.9 Å². The van der Waals surface area contributed by atoms with E-state index in [-0.39, 0.29) is 0 Å². The van der Waals surface area contributed by atoms with Crippen LogP contribution in [0.3, 0.4) is 0 Å². The molecule has 1 atom stereocenters. The number of nitrogen functional groups attached to an aromatic ring is 1. The van der Waals surface area contributed by atoms with E-state index in [9.17, 15) is 0 Å². The van der Waals surface area contributed by atoms with Crippen LogP contribution in [0.1, 0.15) is 50.3 Å². The maximum absolute atomic E-state index is 5.98. The van der Waals surface area contributed by atoms with Gasteiger partial charge >= 0.3 is 0 Å². The number of nitrogens with two attached hydrogens (primary N) is 1. The highest BCUT2D eigenvalue weighted by molar-refractivity contribution is 5.81. The van der Waals surface area contributed by atoms with Crippen LogP contribution in [0, 0.1) is 0 Å². The van der Waals surface area contributed by atoms with E-state index in [0.717, 1.165) is 34.6 Å². The Hall–Kier alpha value is -2.49. The summed E-state index contributed by atoms with van der Waals surface area (Å²) in [4.78, 5) is 10.0. The Morgan fingerprint density at radius 2 is 2.36 bits per heavy atom. The van der Waals surface area contributed by atoms with Gasteiger partial charge in [0.2, 0.25) is 0 Å². The lowest BCUT2D eigenvalue weighted by Crippen LogP contribution is -2.27. The van der Waals surface area contributed by atoms with E-state index in [1.54, 1.807) is 12.3 Å². The van der Waals surface area contributed by atoms with E-state index in [4.69, 9.17) is 5.73 Å². The number of hydrogen-bond acceptors (Lipinski definition) is 3. The third-order valence-electron chi connectivity index (χ3n) is 5.14. The number of nitrogens with one attached hydrogen (secondary N) is 1. The van der Waals surface area contributed by atoms with Crippen molar-refractivity contribution < 1.29 is 0 Å². The number of H-pyrrole nitrogens is 1. The zero-order valence-electron chi connectivity index (χ0n) is 15.1. The standard InChI is InChI=1S/C21H28N4/c1-4-6-8-17-9-7-12-25(17)15(3)20-13-16(14-24-20)19-10-11-23-21(22)18(19)5-2/h5,10-11,13-14,17,24H,2-4,6-9,12H2,1H3,(H2,22,23). The number of likely N-dealkylation sites (tertiary alicyclic amines) is 1. The van der Waals surface area contributed by atoms with Crippen LogP contribution in [0.4, 0.5) is 5.82 Å². The number of anilines is 1. The largest absolute Gasteiger partial charge is 0.383 e. The smallest absolute Gasteiger partial charge is 0.131 e. The van der Waals surface area contributed by atoms with Gasteiger partial charge in [0.15, 0.2) is 0 Å². The van der Waals surface area contributed by atoms with E-state index >= 15 is 0 Å². The second-order valence-corrected chi connectivity index (χ2v) is 6.74. The molecule has 2 aromatic heterocycles. The number of unbranched alkanes of at least 4 members (excludes halogenated alkanes) is 1. The van der Waals surface area contributed by atoms with Crippen molar-refractivity contribution in [3.63, 3.8) is 0 Å². The van der Waals surface area contributed by atoms with Crippen LogP contribution in [0.5, 0.6) is 0 Å². The van der Waals surface area contributed by atoms with Crippen molar-refractivity contribution in [2.24, 2.45) is 0 Å². The van der Waals surface area contributed by atoms with Crippen LogP contribution in [0.15, 0.2) is 37.7 Å². The molecule has 0 radical (unpaired) electrons. The first-order valence-corrected chi connectivity index (χ1v) is 9.17. The van der Waals surface area contributed by atoms with E-state index in [1.165, 1.54) is 32.1 Å². The van der Waals surface area contributed by atoms with Gasteiger partial charge in [-0.1, -0.05) is 39.0 Å². The first-order chi connectivity index (χ1) is 12.2. The fourth-order valence-corrected chi connectivity index (χ4v) is 3.76. The third-order valence-corrected chi connectivity index (χ3v) is 5.14. The molecule has 4 nitrogen and oxygen atoms in total. The lowest BCUT2D eigenvalue weighted by atomic mass is 10.0. The lowest BCUT2D eigenvalue weighted by molar-refractivity contribution is 0.343. The molecular formula is C21H28N4. The fraction of sp³-hybridized carbons (Fsp3) is 0.381. The van der Waals surface area contributed by atoms with Gasteiger partial charge in [-0.05, 0) is 37.0 Å². The Labute approximate surface area is 150 Å². The zero-order chi connectivity index (χ0) is 17.8. The minimum Gasteiger partial charge on any atom is -0.383 e. The molecule has 4 heteroatoms. The molecule has 3 rings (SSSR count). The molecule has 0 aromatic carbocycles. The predicted octanol–water partition coefficient (Wildman–Crippen LogP) is 4.93. The van der Waals surface area contributed by atoms with Crippen molar-refractivity contribution in [2.45, 2.75) is 45.1 Å². The van der Waals surface area contributed by atoms with Crippen molar-refractivity contribution in [1.82, 2.24) is 14.9 Å². The molecular weight excluding hydrogens is 308 g/mol. The maximum atomic E-state index is 5.98. The number of aromatic nitrogens is 2. The Morgan fingerprint density at radius 1 is 1.52 bits per heavy atom. The summed E-state index contributed by atoms with van der Waals surface area (Å²) < 4.78 is 0. The van der Waals surface area contributed by atoms with Crippen molar-refractivity contribution in [3.8, 4) is 11.1 Å². The summed E-state index contributed by atoms with van der Waals surface area (Å²) in [5.41, 5.74) is 11.2. The molecule has 132 valence electrons. The van der Waals surface area contributed by atoms with Gasteiger partial charge in [-0.25, -0.2) is 4.98 Å². The highest BCUT2D eigenvalue weighted by Crippen LogP contribution is 2.33. The number of aromatic amines is 1. The molecule has 1 saturated heterocycles. The summed E-state index contributed by atoms with van der Waals surface area (Å²) in [6, 6.07) is 4.75. The lowest BCUT2D eigenvalue weighted by Gasteiger charge is -2.28. The molecule has 1 aliphatic rings. The zero-order valence-corrected chi connectivity index (χ0v) is 15.1. The van der Waals surface area contributed by atoms with Crippen LogP contribution >= 0.6 is 0 Å². The Kier molecular flexibility index (Phi) is 5.27. The topological polar surface area (TPSA) is 57.9 Å². The highest BCUT2D eigenvalue weighted by atomic mass is 15.2. The van der Waals surface area contributed by atoms with Crippen molar-refractivity contribution in [3.05, 3.63) is 48.9 Å². The normalized spacial score (nSPS) is 17.0. The first-order valence-electron chi connectivity index (χ1n) is 9.17. The molecule has 1 fully saturated rings. The summed E-state index contributed by atoms with van der Waals surface area (Å²) in [6.45, 7) is 11.6. The maximum Gasteiger partial charge on any atom is 0.131 e. The summed E-state index contributed by atoms with van der Waals surface area (Å²) in [6.07, 6.45) is 11.8. The fourth-order valence-electron chi connectivity index (χ4n) is 3.76. The Bertz CT molecular complexity index is 759. The summed E-state index contributed by atoms with van der Waals surface area (Å²) >= 11 is 0. The minimum absolute atomic E-state index is 0.508. The average Bonchev–Trinajstić information content (AvgIpc) is 3.28. The number of rotatable bonds is 7. The Morgan fingerprint density at radius 3 is 3.12 bits per heavy atom. The van der Waals surface area contributed by atoms with E-state index in [2.05, 4.69) is 41.0 Å². The number of hydrogen-bond donors (Lipinski definition) is 2. The summed E-state index contributed by atoms with van der Waals surface area (Å²) in [5, 5.41) is 0. The first kappa shape index (κ1) is 17.3. The average molecular weight is 336 g/mol. The second-order valence-electron chi connectivity index (χ2n) is 6.74. The van der Waals surface area contributed by atoms with Crippen LogP contribution in [-0.2, 0) is 0 Å². The third kappa shape index (κ3) is 3.48. The molecule has 0 amide bonds. The molecule has 0 saturated carbocycles. The van der Waals surface area contributed by atoms with Gasteiger partial charge in [0.05, 0.1) is 11.4 Å². The molecule has 0 aliphatic carbocycles. The molecule has 0 spiro atoms. The SMILES string of the molecule is C=Cc1c(-c2c[nH]c(C(=C)N3CCCC3CCCC)c2)ccnc1N. The van der Waals surface area contributed by atoms with Gasteiger partial charge in [0, 0.05) is 36.1 Å². The second kappa shape index (κ2) is 7.60. The summed E-state index contributed by atoms with van der Waals surface area (Å²) in [7, 11) is 0. The van der Waals surface area contributed by atoms with Gasteiger partial charge in [-0.15, -0.1) is 0 Å². The van der Waals surface area contributed by atoms with Gasteiger partial charge in [0.1, 0.15) is 5.82 Å². The number of nitrogens with zero attached hydrogens (tertiary/aromatic N) is 2. The molecule has 25 heavy (non-hydrogen) atoms. The van der Waals surface area contributed by atoms with Crippen molar-refractivity contribution in [1.29, 1.82) is 0 Å². The Balaban J connectivity index is 1.83. The van der Waals surface area contributed by atoms with Crippen LogP contribution < -0.4 is 5.73 Å². The van der Waals surface area contributed by atoms with Crippen LogP contribution in [0.2, 0.25) is 0 Å². The van der Waals surface area contributed by atoms with Gasteiger partial charge in [-0.3, -0.25) is 0 Å². The monoisotopic (exact) mass is 336 g/mol. The minimum atomic E-state index is 0.508. The predicted molar refractivity (Wildman–Crippen MR) is 107 cm³/mol. The molecule has 1 aliphatic heterocycles. The van der Waals surface area contributed by atoms with Gasteiger partial charge in [0.25, 0.3) is 0 Å². The molecule has 1 unspecified atom stereocenters. The van der Waals surface area contributed by atoms with Crippen LogP contribution in [0.25, 0.3) is 22.9 Å². The van der Waals surface area contributed by atoms with Gasteiger partial charge < -0.3 is 15.6 Å². The van der Waals surface area contributed by atoms with Crippen LogP contribution in [-0.4, -0.2) is 27.5 Å². The summed E-state index contributed by atoms with van der Waals surface area (Å²) in [5.74, 6) is 0.508.